The van der Waals surface area contributed by atoms with Gasteiger partial charge in [0.2, 0.25) is 0 Å². The number of hydrogen-bond donors (Lipinski definition) is 0. The predicted molar refractivity (Wildman–Crippen MR) is 123 cm³/mol. The van der Waals surface area contributed by atoms with Gasteiger partial charge in [0, 0.05) is 38.7 Å². The Kier molecular flexibility index (Phi) is 5.11. The minimum absolute atomic E-state index is 0.0577. The minimum Gasteiger partial charge on any atom is -0.377 e. The highest BCUT2D eigenvalue weighted by molar-refractivity contribution is 5.78. The Morgan fingerprint density at radius 1 is 1.00 bits per heavy atom. The van der Waals surface area contributed by atoms with Gasteiger partial charge in [-0.05, 0) is 38.3 Å². The number of nitrogens with zero attached hydrogens (tertiary/aromatic N) is 8. The van der Waals surface area contributed by atoms with Crippen molar-refractivity contribution in [1.29, 1.82) is 0 Å². The van der Waals surface area contributed by atoms with Gasteiger partial charge in [0.15, 0.2) is 11.9 Å². The van der Waals surface area contributed by atoms with Crippen LogP contribution in [0.3, 0.4) is 0 Å². The van der Waals surface area contributed by atoms with Crippen LogP contribution in [0.4, 0.5) is 5.82 Å². The molecule has 0 spiro atoms. The van der Waals surface area contributed by atoms with E-state index in [0.29, 0.717) is 13.2 Å². The second-order valence-electron chi connectivity index (χ2n) is 8.73. The molecule has 2 saturated heterocycles. The number of morpholine rings is 1. The summed E-state index contributed by atoms with van der Waals surface area (Å²) in [4.78, 5) is 7.42. The highest BCUT2D eigenvalue weighted by atomic mass is 16.5. The maximum atomic E-state index is 6.02. The van der Waals surface area contributed by atoms with Crippen molar-refractivity contribution in [3.63, 3.8) is 0 Å². The fourth-order valence-electron chi connectivity index (χ4n) is 4.83. The molecule has 0 aliphatic carbocycles. The lowest BCUT2D eigenvalue weighted by Gasteiger charge is -2.34. The summed E-state index contributed by atoms with van der Waals surface area (Å²) in [6, 6.07) is 6.36. The molecule has 0 radical (unpaired) electrons. The number of aromatic nitrogens is 7. The molecule has 0 bridgehead atoms. The number of fused-ring (bicyclic) bond motifs is 1. The monoisotopic (exact) mass is 448 g/mol. The van der Waals surface area contributed by atoms with Gasteiger partial charge >= 0.3 is 0 Å². The summed E-state index contributed by atoms with van der Waals surface area (Å²) in [6.07, 6.45) is 8.65. The van der Waals surface area contributed by atoms with Crippen molar-refractivity contribution >= 4 is 11.5 Å². The second-order valence-corrected chi connectivity index (χ2v) is 8.73. The van der Waals surface area contributed by atoms with Gasteiger partial charge in [0.05, 0.1) is 48.1 Å². The van der Waals surface area contributed by atoms with Crippen molar-refractivity contribution in [3.8, 4) is 22.6 Å². The third-order valence-corrected chi connectivity index (χ3v) is 6.58. The van der Waals surface area contributed by atoms with Gasteiger partial charge in [-0.3, -0.25) is 4.68 Å². The molecule has 2 fully saturated rings. The molecule has 0 saturated carbocycles. The summed E-state index contributed by atoms with van der Waals surface area (Å²) in [5.41, 5.74) is 4.61. The zero-order valence-electron chi connectivity index (χ0n) is 19.0. The number of anilines is 1. The summed E-state index contributed by atoms with van der Waals surface area (Å²) < 4.78 is 17.4. The first kappa shape index (κ1) is 20.4. The summed E-state index contributed by atoms with van der Waals surface area (Å²) in [7, 11) is 1.94. The van der Waals surface area contributed by atoms with E-state index in [1.807, 2.05) is 45.5 Å². The third-order valence-electron chi connectivity index (χ3n) is 6.58. The van der Waals surface area contributed by atoms with Crippen molar-refractivity contribution < 1.29 is 9.47 Å². The van der Waals surface area contributed by atoms with E-state index in [-0.39, 0.29) is 12.3 Å². The van der Waals surface area contributed by atoms with Crippen molar-refractivity contribution in [2.75, 3.05) is 31.3 Å². The van der Waals surface area contributed by atoms with Gasteiger partial charge in [0.25, 0.3) is 0 Å². The maximum Gasteiger partial charge on any atom is 0.167 e. The summed E-state index contributed by atoms with van der Waals surface area (Å²) >= 11 is 0. The minimum atomic E-state index is -0.0577. The predicted octanol–water partition coefficient (Wildman–Crippen LogP) is 2.92. The van der Waals surface area contributed by atoms with E-state index in [1.165, 1.54) is 0 Å². The lowest BCUT2D eigenvalue weighted by molar-refractivity contribution is -0.0383. The topological polar surface area (TPSA) is 87.5 Å². The van der Waals surface area contributed by atoms with E-state index < -0.39 is 0 Å². The van der Waals surface area contributed by atoms with E-state index in [4.69, 9.17) is 19.6 Å². The second kappa shape index (κ2) is 8.27. The Labute approximate surface area is 191 Å². The summed E-state index contributed by atoms with van der Waals surface area (Å²) in [5, 5.41) is 13.7. The fourth-order valence-corrected chi connectivity index (χ4v) is 4.83. The average molecular weight is 449 g/mol. The van der Waals surface area contributed by atoms with Crippen LogP contribution in [0.15, 0.2) is 36.8 Å². The lowest BCUT2D eigenvalue weighted by Crippen LogP contribution is -2.44. The van der Waals surface area contributed by atoms with Crippen LogP contribution in [-0.2, 0) is 16.5 Å². The molecule has 4 aromatic rings. The SMILES string of the molecule is C[C@@H]1COCCN1c1cc(-c2ccnn2C)n2ncc(-c3ccnn3[C@H]3CCCCO3)c2n1. The lowest BCUT2D eigenvalue weighted by atomic mass is 10.1. The Morgan fingerprint density at radius 3 is 2.67 bits per heavy atom. The zero-order chi connectivity index (χ0) is 22.4. The highest BCUT2D eigenvalue weighted by Gasteiger charge is 2.26. The molecule has 33 heavy (non-hydrogen) atoms. The van der Waals surface area contributed by atoms with Crippen LogP contribution in [-0.4, -0.2) is 66.6 Å². The van der Waals surface area contributed by atoms with Gasteiger partial charge in [0.1, 0.15) is 5.82 Å². The summed E-state index contributed by atoms with van der Waals surface area (Å²) in [5.74, 6) is 0.913. The Hall–Kier alpha value is -3.24. The van der Waals surface area contributed by atoms with E-state index in [9.17, 15) is 0 Å². The van der Waals surface area contributed by atoms with Crippen LogP contribution in [0.5, 0.6) is 0 Å². The van der Waals surface area contributed by atoms with E-state index >= 15 is 0 Å². The molecule has 10 heteroatoms. The van der Waals surface area contributed by atoms with Gasteiger partial charge < -0.3 is 14.4 Å². The Bertz CT molecular complexity index is 1270. The van der Waals surface area contributed by atoms with E-state index in [0.717, 1.165) is 66.5 Å². The largest absolute Gasteiger partial charge is 0.377 e. The van der Waals surface area contributed by atoms with Crippen molar-refractivity contribution in [1.82, 2.24) is 34.2 Å². The fraction of sp³-hybridized carbons (Fsp3) is 0.478. The molecule has 0 aromatic carbocycles. The van der Waals surface area contributed by atoms with Crippen molar-refractivity contribution in [3.05, 3.63) is 36.8 Å². The summed E-state index contributed by atoms with van der Waals surface area (Å²) in [6.45, 7) is 5.11. The van der Waals surface area contributed by atoms with Crippen LogP contribution >= 0.6 is 0 Å². The number of rotatable bonds is 4. The molecule has 2 aliphatic heterocycles. The third kappa shape index (κ3) is 3.50. The van der Waals surface area contributed by atoms with Crippen LogP contribution in [0.25, 0.3) is 28.3 Å². The van der Waals surface area contributed by atoms with Crippen LogP contribution in [0.1, 0.15) is 32.4 Å². The Balaban J connectivity index is 1.53. The number of aryl methyl sites for hydroxylation is 1. The molecule has 0 N–H and O–H groups in total. The van der Waals surface area contributed by atoms with Crippen molar-refractivity contribution in [2.24, 2.45) is 7.05 Å². The normalized spacial score (nSPS) is 21.7. The average Bonchev–Trinajstić information content (AvgIpc) is 3.58. The zero-order valence-corrected chi connectivity index (χ0v) is 19.0. The van der Waals surface area contributed by atoms with Crippen LogP contribution in [0, 0.1) is 0 Å². The smallest absolute Gasteiger partial charge is 0.167 e. The molecule has 172 valence electrons. The molecule has 0 unspecified atom stereocenters. The highest BCUT2D eigenvalue weighted by Crippen LogP contribution is 2.33. The van der Waals surface area contributed by atoms with Crippen LogP contribution in [0.2, 0.25) is 0 Å². The molecule has 2 aliphatic rings. The maximum absolute atomic E-state index is 6.02. The quantitative estimate of drug-likeness (QED) is 0.474. The van der Waals surface area contributed by atoms with Gasteiger partial charge in [-0.25, -0.2) is 14.2 Å². The van der Waals surface area contributed by atoms with E-state index in [2.05, 4.69) is 28.1 Å². The number of ether oxygens (including phenoxy) is 2. The van der Waals surface area contributed by atoms with Gasteiger partial charge in [-0.15, -0.1) is 0 Å². The number of hydrogen-bond acceptors (Lipinski definition) is 7. The molecule has 6 rings (SSSR count). The standard InChI is InChI=1S/C23H28N8O2/c1-16-15-32-12-10-29(16)21-13-20(19-7-8-24-28(19)2)31-23(27-21)17(14-26-31)18-6-9-25-30(18)22-5-3-4-11-33-22/h6-9,13-14,16,22H,3-5,10-12,15H2,1-2H3/t16-,22-/m1/s1. The molecule has 6 heterocycles. The molecule has 10 nitrogen and oxygen atoms in total. The van der Waals surface area contributed by atoms with Gasteiger partial charge in [-0.1, -0.05) is 0 Å². The molecule has 0 amide bonds. The molecule has 4 aromatic heterocycles. The first-order chi connectivity index (χ1) is 16.2. The van der Waals surface area contributed by atoms with Crippen LogP contribution < -0.4 is 4.90 Å². The van der Waals surface area contributed by atoms with E-state index in [1.54, 1.807) is 6.20 Å². The van der Waals surface area contributed by atoms with Gasteiger partial charge in [-0.2, -0.15) is 15.3 Å². The first-order valence-electron chi connectivity index (χ1n) is 11.6. The molecule has 2 atom stereocenters. The first-order valence-corrected chi connectivity index (χ1v) is 11.6. The van der Waals surface area contributed by atoms with Crippen molar-refractivity contribution in [2.45, 2.75) is 38.5 Å². The molecular weight excluding hydrogens is 420 g/mol. The Morgan fingerprint density at radius 2 is 1.88 bits per heavy atom. The molecular formula is C23H28N8O2.